The average molecular weight is 300 g/mol. The zero-order chi connectivity index (χ0) is 15.1. The number of nitrogens with zero attached hydrogens (tertiary/aromatic N) is 5. The van der Waals surface area contributed by atoms with Crippen molar-refractivity contribution < 1.29 is 0 Å². The van der Waals surface area contributed by atoms with Gasteiger partial charge in [-0.2, -0.15) is 4.52 Å². The number of anilines is 1. The van der Waals surface area contributed by atoms with Gasteiger partial charge in [-0.05, 0) is 64.8 Å². The molecule has 0 radical (unpaired) electrons. The molecule has 2 saturated carbocycles. The highest BCUT2D eigenvalue weighted by Gasteiger charge is 2.29. The maximum absolute atomic E-state index is 4.73. The van der Waals surface area contributed by atoms with Gasteiger partial charge in [-0.25, -0.2) is 0 Å². The molecule has 6 nitrogen and oxygen atoms in total. The molecule has 0 amide bonds. The Balaban J connectivity index is 1.52. The summed E-state index contributed by atoms with van der Waals surface area (Å²) in [6, 6.07) is 5.22. The molecule has 118 valence electrons. The summed E-state index contributed by atoms with van der Waals surface area (Å²) in [7, 11) is 4.35. The lowest BCUT2D eigenvalue weighted by Crippen LogP contribution is -2.38. The van der Waals surface area contributed by atoms with E-state index in [9.17, 15) is 0 Å². The second-order valence-corrected chi connectivity index (χ2v) is 6.95. The van der Waals surface area contributed by atoms with Crippen LogP contribution in [0.1, 0.15) is 50.3 Å². The molecule has 0 spiro atoms. The van der Waals surface area contributed by atoms with Crippen molar-refractivity contribution in [1.29, 1.82) is 0 Å². The number of fused-ring (bicyclic) bond motifs is 1. The lowest BCUT2D eigenvalue weighted by Gasteiger charge is -2.33. The van der Waals surface area contributed by atoms with Crippen molar-refractivity contribution in [2.45, 2.75) is 56.5 Å². The third-order valence-electron chi connectivity index (χ3n) is 4.96. The Morgan fingerprint density at radius 1 is 1.14 bits per heavy atom. The van der Waals surface area contributed by atoms with Gasteiger partial charge in [-0.15, -0.1) is 15.3 Å². The maximum atomic E-state index is 4.73. The van der Waals surface area contributed by atoms with Gasteiger partial charge >= 0.3 is 0 Å². The minimum Gasteiger partial charge on any atom is -0.366 e. The normalized spacial score (nSPS) is 25.8. The molecular weight excluding hydrogens is 276 g/mol. The van der Waals surface area contributed by atoms with Crippen molar-refractivity contribution in [3.8, 4) is 0 Å². The molecular formula is C16H24N6. The van der Waals surface area contributed by atoms with E-state index in [1.807, 2.05) is 16.6 Å². The van der Waals surface area contributed by atoms with Crippen LogP contribution in [-0.2, 0) is 0 Å². The summed E-state index contributed by atoms with van der Waals surface area (Å²) < 4.78 is 1.92. The minimum absolute atomic E-state index is 0.506. The standard InChI is InChI=1S/C16H24N6/c1-21(2)13-5-3-4-12(10-13)17-14-8-9-15-18-19-16(11-6-7-11)22(15)20-14/h8-9,11-13H,3-7,10H2,1-2H3,(H,17,20). The third-order valence-corrected chi connectivity index (χ3v) is 4.96. The molecule has 2 aliphatic carbocycles. The molecule has 4 rings (SSSR count). The smallest absolute Gasteiger partial charge is 0.178 e. The summed E-state index contributed by atoms with van der Waals surface area (Å²) in [6.07, 6.45) is 7.42. The number of hydrogen-bond donors (Lipinski definition) is 1. The van der Waals surface area contributed by atoms with Crippen molar-refractivity contribution >= 4 is 11.5 Å². The lowest BCUT2D eigenvalue weighted by molar-refractivity contribution is 0.219. The van der Waals surface area contributed by atoms with E-state index in [4.69, 9.17) is 5.10 Å². The van der Waals surface area contributed by atoms with Crippen molar-refractivity contribution in [2.75, 3.05) is 19.4 Å². The van der Waals surface area contributed by atoms with E-state index in [0.717, 1.165) is 17.3 Å². The summed E-state index contributed by atoms with van der Waals surface area (Å²) in [5.41, 5.74) is 0.849. The first-order valence-corrected chi connectivity index (χ1v) is 8.36. The SMILES string of the molecule is CN(C)C1CCCC(Nc2ccc3nnc(C4CC4)n3n2)C1. The molecule has 0 aromatic carbocycles. The van der Waals surface area contributed by atoms with Crippen LogP contribution >= 0.6 is 0 Å². The van der Waals surface area contributed by atoms with Gasteiger partial charge in [0.15, 0.2) is 11.5 Å². The summed E-state index contributed by atoms with van der Waals surface area (Å²) in [5.74, 6) is 2.53. The van der Waals surface area contributed by atoms with Gasteiger partial charge in [0.1, 0.15) is 5.82 Å². The molecule has 2 aromatic heterocycles. The summed E-state index contributed by atoms with van der Waals surface area (Å²) in [5, 5.41) is 16.9. The topological polar surface area (TPSA) is 58.3 Å². The molecule has 2 aromatic rings. The Kier molecular flexibility index (Phi) is 3.48. The average Bonchev–Trinajstić information content (AvgIpc) is 3.27. The molecule has 0 aliphatic heterocycles. The van der Waals surface area contributed by atoms with Crippen molar-refractivity contribution in [3.05, 3.63) is 18.0 Å². The quantitative estimate of drug-likeness (QED) is 0.939. The van der Waals surface area contributed by atoms with Crippen LogP contribution in [0.25, 0.3) is 5.65 Å². The molecule has 2 heterocycles. The predicted octanol–water partition coefficient (Wildman–Crippen LogP) is 2.29. The van der Waals surface area contributed by atoms with Gasteiger partial charge in [0, 0.05) is 18.0 Å². The van der Waals surface area contributed by atoms with Gasteiger partial charge in [0.05, 0.1) is 0 Å². The Morgan fingerprint density at radius 2 is 2.00 bits per heavy atom. The zero-order valence-electron chi connectivity index (χ0n) is 13.4. The number of aromatic nitrogens is 4. The number of hydrogen-bond acceptors (Lipinski definition) is 5. The Labute approximate surface area is 130 Å². The van der Waals surface area contributed by atoms with Crippen molar-refractivity contribution in [3.63, 3.8) is 0 Å². The first-order chi connectivity index (χ1) is 10.7. The van der Waals surface area contributed by atoms with Crippen LogP contribution in [0.2, 0.25) is 0 Å². The highest BCUT2D eigenvalue weighted by Crippen LogP contribution is 2.38. The van der Waals surface area contributed by atoms with Gasteiger partial charge in [-0.1, -0.05) is 0 Å². The molecule has 6 heteroatoms. The molecule has 0 bridgehead atoms. The summed E-state index contributed by atoms with van der Waals surface area (Å²) in [4.78, 5) is 2.34. The zero-order valence-corrected chi connectivity index (χ0v) is 13.4. The van der Waals surface area contributed by atoms with E-state index in [0.29, 0.717) is 18.0 Å². The fourth-order valence-electron chi connectivity index (χ4n) is 3.45. The monoisotopic (exact) mass is 300 g/mol. The largest absolute Gasteiger partial charge is 0.366 e. The van der Waals surface area contributed by atoms with Gasteiger partial charge in [0.25, 0.3) is 0 Å². The fraction of sp³-hybridized carbons (Fsp3) is 0.688. The second kappa shape index (κ2) is 5.50. The van der Waals surface area contributed by atoms with Crippen LogP contribution in [0.15, 0.2) is 12.1 Å². The molecule has 0 saturated heterocycles. The summed E-state index contributed by atoms with van der Waals surface area (Å²) >= 11 is 0. The Hall–Kier alpha value is -1.69. The summed E-state index contributed by atoms with van der Waals surface area (Å²) in [6.45, 7) is 0. The lowest BCUT2D eigenvalue weighted by atomic mass is 9.90. The molecule has 2 unspecified atom stereocenters. The third kappa shape index (κ3) is 2.67. The van der Waals surface area contributed by atoms with E-state index >= 15 is 0 Å². The van der Waals surface area contributed by atoms with Gasteiger partial charge < -0.3 is 10.2 Å². The molecule has 1 N–H and O–H groups in total. The molecule has 22 heavy (non-hydrogen) atoms. The molecule has 2 fully saturated rings. The van der Waals surface area contributed by atoms with Crippen LogP contribution in [-0.4, -0.2) is 50.9 Å². The van der Waals surface area contributed by atoms with Crippen LogP contribution < -0.4 is 5.32 Å². The molecule has 2 aliphatic rings. The second-order valence-electron chi connectivity index (χ2n) is 6.95. The number of nitrogens with one attached hydrogen (secondary N) is 1. The van der Waals surface area contributed by atoms with Gasteiger partial charge in [-0.3, -0.25) is 0 Å². The fourth-order valence-corrected chi connectivity index (χ4v) is 3.45. The van der Waals surface area contributed by atoms with Crippen LogP contribution in [0.3, 0.4) is 0 Å². The highest BCUT2D eigenvalue weighted by molar-refractivity contribution is 5.45. The van der Waals surface area contributed by atoms with Crippen LogP contribution in [0.4, 0.5) is 5.82 Å². The minimum atomic E-state index is 0.506. The van der Waals surface area contributed by atoms with Crippen molar-refractivity contribution in [2.24, 2.45) is 0 Å². The Morgan fingerprint density at radius 3 is 2.77 bits per heavy atom. The van der Waals surface area contributed by atoms with Crippen LogP contribution in [0, 0.1) is 0 Å². The highest BCUT2D eigenvalue weighted by atomic mass is 15.4. The first kappa shape index (κ1) is 13.9. The Bertz CT molecular complexity index is 660. The van der Waals surface area contributed by atoms with E-state index in [2.05, 4.69) is 34.5 Å². The molecule has 2 atom stereocenters. The van der Waals surface area contributed by atoms with E-state index in [-0.39, 0.29) is 0 Å². The predicted molar refractivity (Wildman–Crippen MR) is 86.1 cm³/mol. The van der Waals surface area contributed by atoms with E-state index < -0.39 is 0 Å². The first-order valence-electron chi connectivity index (χ1n) is 8.36. The number of rotatable bonds is 4. The van der Waals surface area contributed by atoms with Gasteiger partial charge in [0.2, 0.25) is 0 Å². The van der Waals surface area contributed by atoms with Crippen LogP contribution in [0.5, 0.6) is 0 Å². The maximum Gasteiger partial charge on any atom is 0.178 e. The van der Waals surface area contributed by atoms with Crippen molar-refractivity contribution in [1.82, 2.24) is 24.7 Å². The van der Waals surface area contributed by atoms with E-state index in [1.54, 1.807) is 0 Å². The van der Waals surface area contributed by atoms with E-state index in [1.165, 1.54) is 38.5 Å².